The number of carbonyl (C=O) groups is 2. The first-order valence-electron chi connectivity index (χ1n) is 10.7. The molecule has 0 unspecified atom stereocenters. The number of rotatable bonds is 8. The summed E-state index contributed by atoms with van der Waals surface area (Å²) in [5.74, 6) is 0.151. The maximum Gasteiger partial charge on any atom is 0.329 e. The van der Waals surface area contributed by atoms with E-state index in [1.807, 2.05) is 31.2 Å². The van der Waals surface area contributed by atoms with Gasteiger partial charge >= 0.3 is 6.03 Å². The van der Waals surface area contributed by atoms with Crippen LogP contribution in [0.4, 0.5) is 9.18 Å². The summed E-state index contributed by atoms with van der Waals surface area (Å²) in [5.41, 5.74) is 2.09. The van der Waals surface area contributed by atoms with E-state index in [9.17, 15) is 14.0 Å². The molecule has 4 rings (SSSR count). The van der Waals surface area contributed by atoms with Crippen LogP contribution in [0.1, 0.15) is 23.6 Å². The van der Waals surface area contributed by atoms with E-state index < -0.39 is 11.9 Å². The number of nitrogens with one attached hydrogen (secondary N) is 1. The second-order valence-electron chi connectivity index (χ2n) is 7.53. The first-order valence-corrected chi connectivity index (χ1v) is 11.5. The van der Waals surface area contributed by atoms with Crippen molar-refractivity contribution in [1.29, 1.82) is 0 Å². The second-order valence-corrected chi connectivity index (χ2v) is 8.44. The molecule has 0 saturated carbocycles. The lowest BCUT2D eigenvalue weighted by atomic mass is 10.1. The largest absolute Gasteiger partial charge is 0.490 e. The fourth-order valence-corrected chi connectivity index (χ4v) is 3.69. The van der Waals surface area contributed by atoms with Gasteiger partial charge < -0.3 is 14.8 Å². The Morgan fingerprint density at radius 1 is 1.00 bits per heavy atom. The van der Waals surface area contributed by atoms with Crippen LogP contribution in [-0.2, 0) is 17.9 Å². The Morgan fingerprint density at radius 3 is 2.50 bits per heavy atom. The highest BCUT2D eigenvalue weighted by molar-refractivity contribution is 9.10. The van der Waals surface area contributed by atoms with E-state index >= 15 is 0 Å². The van der Waals surface area contributed by atoms with E-state index in [0.717, 1.165) is 14.9 Å². The number of benzene rings is 3. The lowest BCUT2D eigenvalue weighted by Crippen LogP contribution is -2.30. The summed E-state index contributed by atoms with van der Waals surface area (Å²) in [4.78, 5) is 26.4. The monoisotopic (exact) mass is 524 g/mol. The topological polar surface area (TPSA) is 67.9 Å². The average molecular weight is 525 g/mol. The molecular weight excluding hydrogens is 503 g/mol. The number of imide groups is 1. The van der Waals surface area contributed by atoms with Gasteiger partial charge in [-0.25, -0.2) is 9.18 Å². The highest BCUT2D eigenvalue weighted by Crippen LogP contribution is 2.31. The lowest BCUT2D eigenvalue weighted by molar-refractivity contribution is -0.123. The van der Waals surface area contributed by atoms with E-state index in [-0.39, 0.29) is 24.7 Å². The molecule has 6 nitrogen and oxygen atoms in total. The van der Waals surface area contributed by atoms with Gasteiger partial charge in [-0.3, -0.25) is 9.69 Å². The number of carbonyl (C=O) groups excluding carboxylic acids is 2. The zero-order valence-corrected chi connectivity index (χ0v) is 20.0. The molecule has 1 aliphatic heterocycles. The first-order chi connectivity index (χ1) is 16.4. The van der Waals surface area contributed by atoms with Crippen molar-refractivity contribution >= 4 is 33.9 Å². The Hall–Kier alpha value is -3.65. The van der Waals surface area contributed by atoms with Crippen LogP contribution in [-0.4, -0.2) is 23.4 Å². The summed E-state index contributed by atoms with van der Waals surface area (Å²) in [6, 6.07) is 18.5. The van der Waals surface area contributed by atoms with Gasteiger partial charge in [0.1, 0.15) is 18.1 Å². The summed E-state index contributed by atoms with van der Waals surface area (Å²) < 4.78 is 26.3. The van der Waals surface area contributed by atoms with Crippen LogP contribution in [0.25, 0.3) is 6.08 Å². The van der Waals surface area contributed by atoms with E-state index in [0.29, 0.717) is 29.2 Å². The molecule has 1 fully saturated rings. The maximum absolute atomic E-state index is 13.9. The fourth-order valence-electron chi connectivity index (χ4n) is 3.43. The predicted octanol–water partition coefficient (Wildman–Crippen LogP) is 5.66. The molecule has 3 aromatic carbocycles. The molecule has 1 saturated heterocycles. The van der Waals surface area contributed by atoms with Crippen LogP contribution in [0.5, 0.6) is 11.5 Å². The van der Waals surface area contributed by atoms with Crippen molar-refractivity contribution in [2.24, 2.45) is 0 Å². The minimum atomic E-state index is -0.478. The number of nitrogens with zero attached hydrogens (tertiary/aromatic N) is 1. The highest BCUT2D eigenvalue weighted by Gasteiger charge is 2.33. The van der Waals surface area contributed by atoms with Gasteiger partial charge in [-0.05, 0) is 54.5 Å². The number of amides is 3. The molecule has 1 aliphatic rings. The summed E-state index contributed by atoms with van der Waals surface area (Å²) in [7, 11) is 0. The Morgan fingerprint density at radius 2 is 1.76 bits per heavy atom. The van der Waals surface area contributed by atoms with Gasteiger partial charge in [0.25, 0.3) is 5.91 Å². The maximum atomic E-state index is 13.9. The fraction of sp³-hybridized carbons (Fsp3) is 0.154. The van der Waals surface area contributed by atoms with E-state index in [1.54, 1.807) is 42.5 Å². The standard InChI is InChI=1S/C26H22BrFN2O4/c1-2-33-24-14-18(9-12-23(24)34-16-19-5-3-4-6-21(19)28)13-22-25(31)30(26(32)29-22)15-17-7-10-20(27)11-8-17/h3-14H,2,15-16H2,1H3,(H,29,32)/b22-13+. The summed E-state index contributed by atoms with van der Waals surface area (Å²) >= 11 is 3.37. The minimum Gasteiger partial charge on any atom is -0.490 e. The third kappa shape index (κ3) is 5.46. The molecule has 0 bridgehead atoms. The molecule has 34 heavy (non-hydrogen) atoms. The lowest BCUT2D eigenvalue weighted by Gasteiger charge is -2.13. The molecule has 3 amide bonds. The van der Waals surface area contributed by atoms with E-state index in [4.69, 9.17) is 9.47 Å². The molecule has 8 heteroatoms. The zero-order valence-electron chi connectivity index (χ0n) is 18.4. The van der Waals surface area contributed by atoms with E-state index in [2.05, 4.69) is 21.2 Å². The molecule has 0 radical (unpaired) electrons. The van der Waals surface area contributed by atoms with Crippen LogP contribution in [0, 0.1) is 5.82 Å². The molecule has 1 heterocycles. The number of hydrogen-bond acceptors (Lipinski definition) is 4. The molecule has 0 atom stereocenters. The van der Waals surface area contributed by atoms with Crippen LogP contribution in [0.15, 0.2) is 76.9 Å². The quantitative estimate of drug-likeness (QED) is 0.305. The Labute approximate surface area is 205 Å². The molecule has 174 valence electrons. The van der Waals surface area contributed by atoms with Gasteiger partial charge in [0, 0.05) is 10.0 Å². The van der Waals surface area contributed by atoms with Crippen molar-refractivity contribution in [3.8, 4) is 11.5 Å². The van der Waals surface area contributed by atoms with Crippen molar-refractivity contribution in [2.45, 2.75) is 20.1 Å². The van der Waals surface area contributed by atoms with Gasteiger partial charge in [0.15, 0.2) is 11.5 Å². The SMILES string of the molecule is CCOc1cc(/C=C2/NC(=O)N(Cc3ccc(Br)cc3)C2=O)ccc1OCc1ccccc1F. The van der Waals surface area contributed by atoms with Crippen molar-refractivity contribution in [2.75, 3.05) is 6.61 Å². The molecule has 0 aromatic heterocycles. The summed E-state index contributed by atoms with van der Waals surface area (Å²) in [6.45, 7) is 2.45. The van der Waals surface area contributed by atoms with Crippen molar-refractivity contribution in [1.82, 2.24) is 10.2 Å². The number of ether oxygens (including phenoxy) is 2. The van der Waals surface area contributed by atoms with Gasteiger partial charge in [0.05, 0.1) is 13.2 Å². The summed E-state index contributed by atoms with van der Waals surface area (Å²) in [5, 5.41) is 2.63. The molecule has 3 aromatic rings. The Kier molecular flexibility index (Phi) is 7.27. The van der Waals surface area contributed by atoms with Crippen LogP contribution in [0.2, 0.25) is 0 Å². The van der Waals surface area contributed by atoms with Gasteiger partial charge in [-0.1, -0.05) is 52.3 Å². The smallest absolute Gasteiger partial charge is 0.329 e. The molecule has 0 aliphatic carbocycles. The van der Waals surface area contributed by atoms with Gasteiger partial charge in [-0.15, -0.1) is 0 Å². The van der Waals surface area contributed by atoms with Crippen molar-refractivity contribution in [3.63, 3.8) is 0 Å². The number of hydrogen-bond donors (Lipinski definition) is 1. The van der Waals surface area contributed by atoms with Crippen LogP contribution >= 0.6 is 15.9 Å². The molecule has 1 N–H and O–H groups in total. The summed E-state index contributed by atoms with van der Waals surface area (Å²) in [6.07, 6.45) is 1.59. The third-order valence-corrected chi connectivity index (χ3v) is 5.66. The van der Waals surface area contributed by atoms with Crippen LogP contribution < -0.4 is 14.8 Å². The Balaban J connectivity index is 1.51. The van der Waals surface area contributed by atoms with Gasteiger partial charge in [-0.2, -0.15) is 0 Å². The zero-order chi connectivity index (χ0) is 24.1. The third-order valence-electron chi connectivity index (χ3n) is 5.14. The minimum absolute atomic E-state index is 0.0484. The normalized spacial score (nSPS) is 14.4. The highest BCUT2D eigenvalue weighted by atomic mass is 79.9. The predicted molar refractivity (Wildman–Crippen MR) is 130 cm³/mol. The first kappa shape index (κ1) is 23.5. The van der Waals surface area contributed by atoms with E-state index in [1.165, 1.54) is 6.07 Å². The van der Waals surface area contributed by atoms with Crippen molar-refractivity contribution in [3.05, 3.63) is 99.4 Å². The average Bonchev–Trinajstić information content (AvgIpc) is 3.08. The second kappa shape index (κ2) is 10.5. The van der Waals surface area contributed by atoms with Crippen LogP contribution in [0.3, 0.4) is 0 Å². The van der Waals surface area contributed by atoms with Gasteiger partial charge in [0.2, 0.25) is 0 Å². The number of urea groups is 1. The number of halogens is 2. The molecular formula is C26H22BrFN2O4. The molecule has 0 spiro atoms. The Bertz CT molecular complexity index is 1240. The van der Waals surface area contributed by atoms with Crippen molar-refractivity contribution < 1.29 is 23.5 Å².